The zero-order chi connectivity index (χ0) is 13.7. The predicted molar refractivity (Wildman–Crippen MR) is 62.7 cm³/mol. The van der Waals surface area contributed by atoms with Gasteiger partial charge in [-0.25, -0.2) is 0 Å². The molecule has 3 N–H and O–H groups in total. The zero-order valence-electron chi connectivity index (χ0n) is 10.3. The number of aliphatic carboxylic acids is 1. The largest absolute Gasteiger partial charge is 0.481 e. The van der Waals surface area contributed by atoms with Crippen molar-refractivity contribution >= 4 is 16.2 Å². The van der Waals surface area contributed by atoms with Gasteiger partial charge in [0.15, 0.2) is 0 Å². The van der Waals surface area contributed by atoms with Crippen molar-refractivity contribution in [3.8, 4) is 0 Å². The molecule has 0 radical (unpaired) electrons. The summed E-state index contributed by atoms with van der Waals surface area (Å²) in [7, 11) is -2.42. The molecule has 0 aliphatic carbocycles. The fourth-order valence-corrected chi connectivity index (χ4v) is 2.42. The Morgan fingerprint density at radius 3 is 2.35 bits per heavy atom. The Kier molecular flexibility index (Phi) is 6.03. The number of rotatable bonds is 8. The molecule has 0 aromatic rings. The number of carboxylic acids is 1. The number of hydrogen-bond donors (Lipinski definition) is 3. The Labute approximate surface area is 102 Å². The Hall–Kier alpha value is -0.700. The van der Waals surface area contributed by atoms with Crippen LogP contribution in [0, 0.1) is 0 Å². The zero-order valence-corrected chi connectivity index (χ0v) is 11.1. The van der Waals surface area contributed by atoms with Crippen LogP contribution in [0.1, 0.15) is 26.7 Å². The van der Waals surface area contributed by atoms with Gasteiger partial charge in [0.2, 0.25) is 0 Å². The number of aliphatic hydroxyl groups excluding tert-OH is 1. The van der Waals surface area contributed by atoms with Crippen LogP contribution in [0.4, 0.5) is 0 Å². The van der Waals surface area contributed by atoms with E-state index in [2.05, 4.69) is 4.72 Å². The highest BCUT2D eigenvalue weighted by Crippen LogP contribution is 2.10. The van der Waals surface area contributed by atoms with Gasteiger partial charge in [0.1, 0.15) is 0 Å². The summed E-state index contributed by atoms with van der Waals surface area (Å²) in [5.74, 6) is -1.05. The minimum atomic E-state index is -3.73. The normalized spacial score (nSPS) is 13.0. The maximum Gasteiger partial charge on any atom is 0.304 e. The van der Waals surface area contributed by atoms with Crippen molar-refractivity contribution < 1.29 is 23.4 Å². The molecular weight excluding hydrogens is 248 g/mol. The summed E-state index contributed by atoms with van der Waals surface area (Å²) in [5.41, 5.74) is -0.773. The average Bonchev–Trinajstić information content (AvgIpc) is 2.11. The fraction of sp³-hybridized carbons (Fsp3) is 0.889. The van der Waals surface area contributed by atoms with Crippen LogP contribution in [0.3, 0.4) is 0 Å². The number of carboxylic acid groups (broad SMARTS) is 1. The second-order valence-electron chi connectivity index (χ2n) is 4.43. The number of nitrogens with zero attached hydrogens (tertiary/aromatic N) is 1. The highest BCUT2D eigenvalue weighted by molar-refractivity contribution is 7.87. The second-order valence-corrected chi connectivity index (χ2v) is 6.21. The van der Waals surface area contributed by atoms with E-state index >= 15 is 0 Å². The van der Waals surface area contributed by atoms with Gasteiger partial charge in [-0.2, -0.15) is 17.4 Å². The van der Waals surface area contributed by atoms with Crippen LogP contribution in [0.25, 0.3) is 0 Å². The Morgan fingerprint density at radius 2 is 1.94 bits per heavy atom. The predicted octanol–water partition coefficient (Wildman–Crippen LogP) is -0.612. The Bertz CT molecular complexity index is 352. The minimum absolute atomic E-state index is 0.0973. The molecule has 0 bridgehead atoms. The SMILES string of the molecule is CN(CCC(=O)O)S(=O)(=O)NC(C)(C)CCO. The molecule has 0 aromatic heterocycles. The van der Waals surface area contributed by atoms with Crippen molar-refractivity contribution in [1.82, 2.24) is 9.03 Å². The van der Waals surface area contributed by atoms with Gasteiger partial charge >= 0.3 is 5.97 Å². The third kappa shape index (κ3) is 6.57. The molecule has 0 saturated heterocycles. The number of nitrogens with one attached hydrogen (secondary N) is 1. The quantitative estimate of drug-likeness (QED) is 0.544. The summed E-state index contributed by atoms with van der Waals surface area (Å²) in [5, 5.41) is 17.3. The fourth-order valence-electron chi connectivity index (χ4n) is 1.13. The van der Waals surface area contributed by atoms with Crippen molar-refractivity contribution in [3.63, 3.8) is 0 Å². The van der Waals surface area contributed by atoms with Gasteiger partial charge in [-0.1, -0.05) is 0 Å². The van der Waals surface area contributed by atoms with Gasteiger partial charge in [-0.15, -0.1) is 0 Å². The lowest BCUT2D eigenvalue weighted by atomic mass is 10.0. The van der Waals surface area contributed by atoms with E-state index in [1.54, 1.807) is 13.8 Å². The van der Waals surface area contributed by atoms with E-state index < -0.39 is 21.7 Å². The molecule has 7 nitrogen and oxygen atoms in total. The first-order valence-corrected chi connectivity index (χ1v) is 6.62. The monoisotopic (exact) mass is 268 g/mol. The van der Waals surface area contributed by atoms with Crippen molar-refractivity contribution in [3.05, 3.63) is 0 Å². The molecule has 0 fully saturated rings. The van der Waals surface area contributed by atoms with E-state index in [-0.39, 0.29) is 26.0 Å². The molecule has 17 heavy (non-hydrogen) atoms. The van der Waals surface area contributed by atoms with Crippen LogP contribution < -0.4 is 4.72 Å². The van der Waals surface area contributed by atoms with Crippen LogP contribution in [0.5, 0.6) is 0 Å². The molecule has 0 spiro atoms. The van der Waals surface area contributed by atoms with Gasteiger partial charge < -0.3 is 10.2 Å². The van der Waals surface area contributed by atoms with Crippen LogP contribution in [-0.2, 0) is 15.0 Å². The number of carbonyl (C=O) groups is 1. The van der Waals surface area contributed by atoms with Crippen LogP contribution >= 0.6 is 0 Å². The molecule has 0 amide bonds. The van der Waals surface area contributed by atoms with Gasteiger partial charge in [-0.05, 0) is 20.3 Å². The standard InChI is InChI=1S/C9H20N2O5S/c1-9(2,5-7-12)10-17(15,16)11(3)6-4-8(13)14/h10,12H,4-7H2,1-3H3,(H,13,14). The minimum Gasteiger partial charge on any atom is -0.481 e. The first kappa shape index (κ1) is 16.3. The van der Waals surface area contributed by atoms with E-state index in [1.165, 1.54) is 7.05 Å². The Balaban J connectivity index is 4.51. The number of aliphatic hydroxyl groups is 1. The van der Waals surface area contributed by atoms with Crippen molar-refractivity contribution in [2.45, 2.75) is 32.2 Å². The van der Waals surface area contributed by atoms with E-state index in [4.69, 9.17) is 10.2 Å². The molecule has 0 aliphatic rings. The number of hydrogen-bond acceptors (Lipinski definition) is 4. The van der Waals surface area contributed by atoms with E-state index in [1.807, 2.05) is 0 Å². The van der Waals surface area contributed by atoms with E-state index in [0.717, 1.165) is 4.31 Å². The van der Waals surface area contributed by atoms with E-state index in [9.17, 15) is 13.2 Å². The average molecular weight is 268 g/mol. The molecule has 8 heteroatoms. The van der Waals surface area contributed by atoms with Crippen molar-refractivity contribution in [2.24, 2.45) is 0 Å². The lowest BCUT2D eigenvalue weighted by molar-refractivity contribution is -0.137. The van der Waals surface area contributed by atoms with Gasteiger partial charge in [0.25, 0.3) is 10.2 Å². The third-order valence-electron chi connectivity index (χ3n) is 2.19. The summed E-state index contributed by atoms with van der Waals surface area (Å²) in [6.45, 7) is 3.06. The highest BCUT2D eigenvalue weighted by Gasteiger charge is 2.27. The molecule has 0 rings (SSSR count). The lowest BCUT2D eigenvalue weighted by Gasteiger charge is -2.28. The Morgan fingerprint density at radius 1 is 1.41 bits per heavy atom. The molecule has 0 heterocycles. The molecule has 0 aromatic carbocycles. The van der Waals surface area contributed by atoms with E-state index in [0.29, 0.717) is 0 Å². The smallest absolute Gasteiger partial charge is 0.304 e. The highest BCUT2D eigenvalue weighted by atomic mass is 32.2. The van der Waals surface area contributed by atoms with Crippen molar-refractivity contribution in [1.29, 1.82) is 0 Å². The molecule has 0 aliphatic heterocycles. The lowest BCUT2D eigenvalue weighted by Crippen LogP contribution is -2.50. The maximum atomic E-state index is 11.8. The van der Waals surface area contributed by atoms with Crippen LogP contribution in [0.15, 0.2) is 0 Å². The molecular formula is C9H20N2O5S. The summed E-state index contributed by atoms with van der Waals surface area (Å²) >= 11 is 0. The van der Waals surface area contributed by atoms with Gasteiger partial charge in [0, 0.05) is 25.7 Å². The second kappa shape index (κ2) is 6.29. The third-order valence-corrected chi connectivity index (χ3v) is 4.01. The van der Waals surface area contributed by atoms with Gasteiger partial charge in [0.05, 0.1) is 6.42 Å². The molecule has 0 unspecified atom stereocenters. The van der Waals surface area contributed by atoms with Gasteiger partial charge in [-0.3, -0.25) is 4.79 Å². The molecule has 102 valence electrons. The summed E-state index contributed by atoms with van der Waals surface area (Å²) < 4.78 is 26.9. The molecule has 0 atom stereocenters. The van der Waals surface area contributed by atoms with Crippen molar-refractivity contribution in [2.75, 3.05) is 20.2 Å². The first-order valence-electron chi connectivity index (χ1n) is 5.18. The summed E-state index contributed by atoms with van der Waals surface area (Å²) in [6.07, 6.45) is 0.0246. The van der Waals surface area contributed by atoms with Crippen LogP contribution in [0.2, 0.25) is 0 Å². The maximum absolute atomic E-state index is 11.8. The first-order chi connectivity index (χ1) is 7.60. The topological polar surface area (TPSA) is 107 Å². The van der Waals surface area contributed by atoms with Crippen LogP contribution in [-0.4, -0.2) is 54.6 Å². The summed E-state index contributed by atoms with van der Waals surface area (Å²) in [4.78, 5) is 10.3. The summed E-state index contributed by atoms with van der Waals surface area (Å²) in [6, 6.07) is 0. The molecule has 0 saturated carbocycles.